The van der Waals surface area contributed by atoms with Crippen LogP contribution in [0.4, 0.5) is 17.2 Å². The van der Waals surface area contributed by atoms with E-state index in [0.717, 1.165) is 33.7 Å². The van der Waals surface area contributed by atoms with E-state index < -0.39 is 0 Å². The third-order valence-electron chi connectivity index (χ3n) is 4.69. The number of nitrogens with two attached hydrogens (primary N) is 1. The van der Waals surface area contributed by atoms with Crippen LogP contribution in [0.3, 0.4) is 0 Å². The van der Waals surface area contributed by atoms with Crippen LogP contribution < -0.4 is 11.1 Å². The fraction of sp³-hybridized carbons (Fsp3) is 0.0455. The molecule has 3 N–H and O–H groups in total. The van der Waals surface area contributed by atoms with Gasteiger partial charge in [-0.2, -0.15) is 0 Å². The van der Waals surface area contributed by atoms with E-state index in [1.807, 2.05) is 66.7 Å². The van der Waals surface area contributed by atoms with Crippen LogP contribution in [0.25, 0.3) is 11.0 Å². The van der Waals surface area contributed by atoms with Crippen molar-refractivity contribution in [3.8, 4) is 0 Å². The molecule has 27 heavy (non-hydrogen) atoms. The third kappa shape index (κ3) is 2.69. The zero-order chi connectivity index (χ0) is 18.2. The Labute approximate surface area is 156 Å². The molecule has 2 heterocycles. The number of nitrogens with zero attached hydrogens (tertiary/aromatic N) is 3. The van der Waals surface area contributed by atoms with Gasteiger partial charge in [-0.05, 0) is 29.8 Å². The van der Waals surface area contributed by atoms with E-state index in [-0.39, 0.29) is 6.04 Å². The van der Waals surface area contributed by atoms with Crippen LogP contribution in [0.15, 0.2) is 83.9 Å². The fourth-order valence-electron chi connectivity index (χ4n) is 3.39. The molecule has 4 aromatic rings. The Morgan fingerprint density at radius 1 is 0.741 bits per heavy atom. The number of nitrogen functional groups attached to an aromatic ring is 1. The Balaban J connectivity index is 1.74. The summed E-state index contributed by atoms with van der Waals surface area (Å²) < 4.78 is 0. The Morgan fingerprint density at radius 2 is 1.41 bits per heavy atom. The second-order valence-electron chi connectivity index (χ2n) is 6.45. The van der Waals surface area contributed by atoms with Gasteiger partial charge in [-0.15, -0.1) is 0 Å². The lowest BCUT2D eigenvalue weighted by molar-refractivity contribution is 1.00. The zero-order valence-corrected chi connectivity index (χ0v) is 14.5. The second-order valence-corrected chi connectivity index (χ2v) is 6.45. The number of aliphatic imine (C=N–C) groups is 1. The summed E-state index contributed by atoms with van der Waals surface area (Å²) in [6.45, 7) is 0. The third-order valence-corrected chi connectivity index (χ3v) is 4.69. The minimum absolute atomic E-state index is 0.154. The van der Waals surface area contributed by atoms with E-state index in [9.17, 15) is 0 Å². The lowest BCUT2D eigenvalue weighted by atomic mass is 9.97. The quantitative estimate of drug-likeness (QED) is 0.557. The Hall–Kier alpha value is -3.73. The molecule has 0 saturated carbocycles. The fourth-order valence-corrected chi connectivity index (χ4v) is 3.39. The van der Waals surface area contributed by atoms with E-state index in [4.69, 9.17) is 15.7 Å². The first-order valence-corrected chi connectivity index (χ1v) is 8.81. The maximum absolute atomic E-state index is 6.30. The highest BCUT2D eigenvalue weighted by molar-refractivity contribution is 6.11. The van der Waals surface area contributed by atoms with Crippen LogP contribution in [-0.2, 0) is 0 Å². The van der Waals surface area contributed by atoms with E-state index in [0.29, 0.717) is 11.5 Å². The summed E-state index contributed by atoms with van der Waals surface area (Å²) in [6.07, 6.45) is 0. The van der Waals surface area contributed by atoms with E-state index in [1.54, 1.807) is 0 Å². The molecule has 5 rings (SSSR count). The van der Waals surface area contributed by atoms with Crippen LogP contribution in [0.1, 0.15) is 17.3 Å². The molecule has 0 radical (unpaired) electrons. The number of nitrogens with one attached hydrogen (secondary N) is 1. The van der Waals surface area contributed by atoms with Crippen molar-refractivity contribution in [3.63, 3.8) is 0 Å². The number of aromatic nitrogens is 2. The van der Waals surface area contributed by atoms with Crippen LogP contribution in [-0.4, -0.2) is 15.7 Å². The van der Waals surface area contributed by atoms with Gasteiger partial charge in [0.15, 0.2) is 5.82 Å². The van der Waals surface area contributed by atoms with Crippen molar-refractivity contribution in [3.05, 3.63) is 90.1 Å². The summed E-state index contributed by atoms with van der Waals surface area (Å²) >= 11 is 0. The summed E-state index contributed by atoms with van der Waals surface area (Å²) in [7, 11) is 0. The molecule has 0 fully saturated rings. The molecule has 5 heteroatoms. The van der Waals surface area contributed by atoms with Gasteiger partial charge in [0, 0.05) is 0 Å². The zero-order valence-electron chi connectivity index (χ0n) is 14.5. The first-order chi connectivity index (χ1) is 13.3. The van der Waals surface area contributed by atoms with Crippen molar-refractivity contribution in [2.45, 2.75) is 6.04 Å². The lowest BCUT2D eigenvalue weighted by Gasteiger charge is -2.27. The number of fused-ring (bicyclic) bond motifs is 2. The molecule has 3 aromatic carbocycles. The van der Waals surface area contributed by atoms with Gasteiger partial charge in [-0.1, -0.05) is 54.6 Å². The number of rotatable bonds is 2. The van der Waals surface area contributed by atoms with E-state index in [2.05, 4.69) is 22.4 Å². The topological polar surface area (TPSA) is 76.2 Å². The average molecular weight is 351 g/mol. The van der Waals surface area contributed by atoms with Crippen LogP contribution in [0, 0.1) is 0 Å². The Kier molecular flexibility index (Phi) is 3.57. The van der Waals surface area contributed by atoms with Gasteiger partial charge < -0.3 is 11.1 Å². The monoisotopic (exact) mass is 351 g/mol. The number of hydrogen-bond acceptors (Lipinski definition) is 5. The van der Waals surface area contributed by atoms with Gasteiger partial charge >= 0.3 is 0 Å². The van der Waals surface area contributed by atoms with Gasteiger partial charge in [0.2, 0.25) is 0 Å². The molecule has 0 bridgehead atoms. The van der Waals surface area contributed by atoms with Crippen molar-refractivity contribution < 1.29 is 0 Å². The molecule has 5 nitrogen and oxygen atoms in total. The number of anilines is 2. The van der Waals surface area contributed by atoms with Gasteiger partial charge in [-0.3, -0.25) is 0 Å². The summed E-state index contributed by atoms with van der Waals surface area (Å²) in [5, 5.41) is 3.58. The first kappa shape index (κ1) is 15.5. The Morgan fingerprint density at radius 3 is 2.22 bits per heavy atom. The SMILES string of the molecule is Nc1nc2ccccc2nc1C1=Nc2ccccc2NC1c1ccccc1. The maximum Gasteiger partial charge on any atom is 0.152 e. The minimum atomic E-state index is -0.154. The predicted octanol–water partition coefficient (Wildman–Crippen LogP) is 4.50. The smallest absolute Gasteiger partial charge is 0.152 e. The van der Waals surface area contributed by atoms with Crippen LogP contribution >= 0.6 is 0 Å². The largest absolute Gasteiger partial charge is 0.382 e. The number of para-hydroxylation sites is 4. The minimum Gasteiger partial charge on any atom is -0.382 e. The van der Waals surface area contributed by atoms with Crippen LogP contribution in [0.5, 0.6) is 0 Å². The van der Waals surface area contributed by atoms with Crippen molar-refractivity contribution in [2.75, 3.05) is 11.1 Å². The second kappa shape index (κ2) is 6.21. The van der Waals surface area contributed by atoms with Gasteiger partial charge in [0.1, 0.15) is 5.69 Å². The lowest BCUT2D eigenvalue weighted by Crippen LogP contribution is -2.26. The maximum atomic E-state index is 6.30. The average Bonchev–Trinajstić information content (AvgIpc) is 2.73. The van der Waals surface area contributed by atoms with Crippen molar-refractivity contribution >= 4 is 33.9 Å². The van der Waals surface area contributed by atoms with Gasteiger partial charge in [0.25, 0.3) is 0 Å². The molecular formula is C22H17N5. The molecule has 1 unspecified atom stereocenters. The molecule has 1 aliphatic rings. The van der Waals surface area contributed by atoms with Crippen molar-refractivity contribution in [2.24, 2.45) is 4.99 Å². The number of hydrogen-bond donors (Lipinski definition) is 2. The summed E-state index contributed by atoms with van der Waals surface area (Å²) in [6, 6.07) is 25.7. The highest BCUT2D eigenvalue weighted by Gasteiger charge is 2.28. The molecule has 0 saturated heterocycles. The Bertz CT molecular complexity index is 1170. The molecule has 130 valence electrons. The summed E-state index contributed by atoms with van der Waals surface area (Å²) in [5.41, 5.74) is 12.2. The summed E-state index contributed by atoms with van der Waals surface area (Å²) in [4.78, 5) is 14.2. The highest BCUT2D eigenvalue weighted by atomic mass is 15.0. The first-order valence-electron chi connectivity index (χ1n) is 8.81. The summed E-state index contributed by atoms with van der Waals surface area (Å²) in [5.74, 6) is 0.384. The predicted molar refractivity (Wildman–Crippen MR) is 109 cm³/mol. The molecular weight excluding hydrogens is 334 g/mol. The van der Waals surface area contributed by atoms with Crippen molar-refractivity contribution in [1.29, 1.82) is 0 Å². The molecule has 1 aromatic heterocycles. The molecule has 0 amide bonds. The normalized spacial score (nSPS) is 15.7. The van der Waals surface area contributed by atoms with E-state index in [1.165, 1.54) is 0 Å². The van der Waals surface area contributed by atoms with Gasteiger partial charge in [0.05, 0.1) is 34.2 Å². The highest BCUT2D eigenvalue weighted by Crippen LogP contribution is 2.37. The van der Waals surface area contributed by atoms with E-state index >= 15 is 0 Å². The standard InChI is InChI=1S/C22H17N5/c23-22-21(26-17-12-6-7-13-18(17)27-22)20-19(14-8-2-1-3-9-14)24-15-10-4-5-11-16(15)25-20/h1-13,19,24H,(H2,23,27). The molecule has 1 atom stereocenters. The molecule has 0 spiro atoms. The molecule has 0 aliphatic carbocycles. The van der Waals surface area contributed by atoms with Gasteiger partial charge in [-0.25, -0.2) is 15.0 Å². The van der Waals surface area contributed by atoms with Crippen LogP contribution in [0.2, 0.25) is 0 Å². The van der Waals surface area contributed by atoms with Crippen molar-refractivity contribution in [1.82, 2.24) is 9.97 Å². The number of benzene rings is 3. The molecule has 1 aliphatic heterocycles.